The number of nitrogens with one attached hydrogen (secondary N) is 1. The summed E-state index contributed by atoms with van der Waals surface area (Å²) in [6.07, 6.45) is 0. The molecule has 0 aliphatic carbocycles. The summed E-state index contributed by atoms with van der Waals surface area (Å²) in [5.74, 6) is -0.348. The van der Waals surface area contributed by atoms with Crippen LogP contribution in [0.4, 0.5) is 4.39 Å². The average molecular weight is 358 g/mol. The quantitative estimate of drug-likeness (QED) is 0.911. The molecule has 0 bridgehead atoms. The number of aryl methyl sites for hydroxylation is 1. The van der Waals surface area contributed by atoms with Gasteiger partial charge in [-0.1, -0.05) is 34.1 Å². The van der Waals surface area contributed by atoms with Gasteiger partial charge in [0.15, 0.2) is 0 Å². The Hall–Kier alpha value is -1.24. The third-order valence-electron chi connectivity index (χ3n) is 2.82. The highest BCUT2D eigenvalue weighted by atomic mass is 79.9. The van der Waals surface area contributed by atoms with E-state index < -0.39 is 10.0 Å². The first-order valence-electron chi connectivity index (χ1n) is 5.89. The van der Waals surface area contributed by atoms with Gasteiger partial charge in [-0.3, -0.25) is 0 Å². The average Bonchev–Trinajstić information content (AvgIpc) is 2.41. The Labute approximate surface area is 126 Å². The van der Waals surface area contributed by atoms with E-state index in [1.54, 1.807) is 37.3 Å². The summed E-state index contributed by atoms with van der Waals surface area (Å²) < 4.78 is 40.5. The van der Waals surface area contributed by atoms with Crippen molar-refractivity contribution in [2.75, 3.05) is 0 Å². The first-order valence-corrected chi connectivity index (χ1v) is 8.16. The van der Waals surface area contributed by atoms with Crippen LogP contribution in [0.3, 0.4) is 0 Å². The number of hydrogen-bond donors (Lipinski definition) is 1. The predicted molar refractivity (Wildman–Crippen MR) is 79.3 cm³/mol. The van der Waals surface area contributed by atoms with Gasteiger partial charge in [0.05, 0.1) is 4.90 Å². The van der Waals surface area contributed by atoms with Crippen molar-refractivity contribution in [3.8, 4) is 0 Å². The van der Waals surface area contributed by atoms with Crippen LogP contribution in [-0.4, -0.2) is 8.42 Å². The molecule has 0 aliphatic rings. The SMILES string of the molecule is Cc1ccc(Br)cc1S(=O)(=O)NCc1ccc(F)cc1. The Morgan fingerprint density at radius 2 is 1.80 bits per heavy atom. The van der Waals surface area contributed by atoms with Crippen LogP contribution in [0.25, 0.3) is 0 Å². The van der Waals surface area contributed by atoms with Gasteiger partial charge in [-0.2, -0.15) is 0 Å². The molecule has 0 radical (unpaired) electrons. The fourth-order valence-corrected chi connectivity index (χ4v) is 3.52. The summed E-state index contributed by atoms with van der Waals surface area (Å²) >= 11 is 3.26. The van der Waals surface area contributed by atoms with Gasteiger partial charge < -0.3 is 0 Å². The van der Waals surface area contributed by atoms with Gasteiger partial charge in [-0.15, -0.1) is 0 Å². The monoisotopic (exact) mass is 357 g/mol. The van der Waals surface area contributed by atoms with E-state index in [0.29, 0.717) is 15.6 Å². The summed E-state index contributed by atoms with van der Waals surface area (Å²) in [5.41, 5.74) is 1.36. The number of hydrogen-bond acceptors (Lipinski definition) is 2. The molecule has 2 aromatic carbocycles. The maximum Gasteiger partial charge on any atom is 0.241 e. The molecule has 106 valence electrons. The van der Waals surface area contributed by atoms with E-state index in [-0.39, 0.29) is 17.3 Å². The Morgan fingerprint density at radius 3 is 2.45 bits per heavy atom. The molecule has 6 heteroatoms. The molecule has 0 aliphatic heterocycles. The molecule has 2 rings (SSSR count). The van der Waals surface area contributed by atoms with E-state index in [0.717, 1.165) is 0 Å². The molecular weight excluding hydrogens is 345 g/mol. The Bertz CT molecular complexity index is 714. The number of halogens is 2. The summed E-state index contributed by atoms with van der Waals surface area (Å²) in [6.45, 7) is 1.85. The van der Waals surface area contributed by atoms with E-state index >= 15 is 0 Å². The zero-order valence-corrected chi connectivity index (χ0v) is 13.1. The lowest BCUT2D eigenvalue weighted by atomic mass is 10.2. The van der Waals surface area contributed by atoms with Crippen molar-refractivity contribution in [2.24, 2.45) is 0 Å². The maximum absolute atomic E-state index is 12.8. The Balaban J connectivity index is 2.19. The van der Waals surface area contributed by atoms with Crippen molar-refractivity contribution in [1.82, 2.24) is 4.72 Å². The van der Waals surface area contributed by atoms with Gasteiger partial charge in [0, 0.05) is 11.0 Å². The van der Waals surface area contributed by atoms with E-state index in [1.165, 1.54) is 12.1 Å². The standard InChI is InChI=1S/C14H13BrFNO2S/c1-10-2-5-12(15)8-14(10)20(18,19)17-9-11-3-6-13(16)7-4-11/h2-8,17H,9H2,1H3. The zero-order chi connectivity index (χ0) is 14.8. The molecule has 0 heterocycles. The first kappa shape index (κ1) is 15.2. The Morgan fingerprint density at radius 1 is 1.15 bits per heavy atom. The minimum atomic E-state index is -3.60. The molecule has 20 heavy (non-hydrogen) atoms. The third kappa shape index (κ3) is 3.65. The second-order valence-corrected chi connectivity index (χ2v) is 7.01. The summed E-state index contributed by atoms with van der Waals surface area (Å²) in [6, 6.07) is 10.8. The molecule has 0 fully saturated rings. The molecule has 0 saturated heterocycles. The highest BCUT2D eigenvalue weighted by molar-refractivity contribution is 9.10. The van der Waals surface area contributed by atoms with E-state index in [4.69, 9.17) is 0 Å². The number of rotatable bonds is 4. The molecule has 0 atom stereocenters. The normalized spacial score (nSPS) is 11.6. The van der Waals surface area contributed by atoms with E-state index in [2.05, 4.69) is 20.7 Å². The van der Waals surface area contributed by atoms with Gasteiger partial charge in [0.25, 0.3) is 0 Å². The van der Waals surface area contributed by atoms with Crippen molar-refractivity contribution in [2.45, 2.75) is 18.4 Å². The maximum atomic E-state index is 12.8. The van der Waals surface area contributed by atoms with Crippen molar-refractivity contribution >= 4 is 26.0 Å². The second kappa shape index (κ2) is 6.03. The number of benzene rings is 2. The van der Waals surface area contributed by atoms with E-state index in [9.17, 15) is 12.8 Å². The van der Waals surface area contributed by atoms with Crippen molar-refractivity contribution < 1.29 is 12.8 Å². The molecule has 0 amide bonds. The minimum absolute atomic E-state index is 0.120. The fraction of sp³-hybridized carbons (Fsp3) is 0.143. The molecule has 0 spiro atoms. The zero-order valence-electron chi connectivity index (χ0n) is 10.7. The van der Waals surface area contributed by atoms with Crippen molar-refractivity contribution in [1.29, 1.82) is 0 Å². The van der Waals surface area contributed by atoms with Crippen LogP contribution in [0, 0.1) is 12.7 Å². The number of sulfonamides is 1. The van der Waals surface area contributed by atoms with Gasteiger partial charge in [0.2, 0.25) is 10.0 Å². The second-order valence-electron chi connectivity index (χ2n) is 4.36. The van der Waals surface area contributed by atoms with Crippen LogP contribution >= 0.6 is 15.9 Å². The molecule has 3 nitrogen and oxygen atoms in total. The third-order valence-corrected chi connectivity index (χ3v) is 4.86. The van der Waals surface area contributed by atoms with Gasteiger partial charge >= 0.3 is 0 Å². The van der Waals surface area contributed by atoms with E-state index in [1.807, 2.05) is 0 Å². The van der Waals surface area contributed by atoms with Crippen LogP contribution in [0.2, 0.25) is 0 Å². The molecule has 0 saturated carbocycles. The molecular formula is C14H13BrFNO2S. The topological polar surface area (TPSA) is 46.2 Å². The van der Waals surface area contributed by atoms with Gasteiger partial charge in [-0.25, -0.2) is 17.5 Å². The lowest BCUT2D eigenvalue weighted by Gasteiger charge is -2.10. The summed E-state index contributed by atoms with van der Waals surface area (Å²) in [5, 5.41) is 0. The fourth-order valence-electron chi connectivity index (χ4n) is 1.72. The smallest absolute Gasteiger partial charge is 0.207 e. The van der Waals surface area contributed by atoms with Crippen molar-refractivity contribution in [3.63, 3.8) is 0 Å². The molecule has 0 unspecified atom stereocenters. The summed E-state index contributed by atoms with van der Waals surface area (Å²) in [4.78, 5) is 0.231. The Kier molecular flexibility index (Phi) is 4.57. The van der Waals surface area contributed by atoms with Crippen LogP contribution in [-0.2, 0) is 16.6 Å². The lowest BCUT2D eigenvalue weighted by Crippen LogP contribution is -2.24. The molecule has 1 N–H and O–H groups in total. The molecule has 2 aromatic rings. The van der Waals surface area contributed by atoms with Crippen LogP contribution in [0.1, 0.15) is 11.1 Å². The summed E-state index contributed by atoms with van der Waals surface area (Å²) in [7, 11) is -3.60. The highest BCUT2D eigenvalue weighted by Crippen LogP contribution is 2.20. The van der Waals surface area contributed by atoms with Gasteiger partial charge in [-0.05, 0) is 42.3 Å². The van der Waals surface area contributed by atoms with Gasteiger partial charge in [0.1, 0.15) is 5.82 Å². The largest absolute Gasteiger partial charge is 0.241 e. The first-order chi connectivity index (χ1) is 9.38. The van der Waals surface area contributed by atoms with Crippen LogP contribution in [0.15, 0.2) is 51.8 Å². The van der Waals surface area contributed by atoms with Crippen LogP contribution in [0.5, 0.6) is 0 Å². The minimum Gasteiger partial charge on any atom is -0.207 e. The van der Waals surface area contributed by atoms with Crippen molar-refractivity contribution in [3.05, 3.63) is 63.9 Å². The lowest BCUT2D eigenvalue weighted by molar-refractivity contribution is 0.580. The highest BCUT2D eigenvalue weighted by Gasteiger charge is 2.16. The molecule has 0 aromatic heterocycles. The predicted octanol–water partition coefficient (Wildman–Crippen LogP) is 3.38. The van der Waals surface area contributed by atoms with Crippen LogP contribution < -0.4 is 4.72 Å².